The van der Waals surface area contributed by atoms with Gasteiger partial charge in [-0.15, -0.1) is 0 Å². The highest BCUT2D eigenvalue weighted by molar-refractivity contribution is 5.08. The predicted octanol–water partition coefficient (Wildman–Crippen LogP) is 2.76. The molecule has 0 aromatic heterocycles. The van der Waals surface area contributed by atoms with Crippen LogP contribution in [0.5, 0.6) is 0 Å². The molecular weight excluding hydrogens is 284 g/mol. The Labute approximate surface area is 132 Å². The van der Waals surface area contributed by atoms with Crippen LogP contribution in [0.25, 0.3) is 0 Å². The van der Waals surface area contributed by atoms with E-state index in [1.165, 1.54) is 12.8 Å². The number of aliphatic hydroxyl groups excluding tert-OH is 1. The van der Waals surface area contributed by atoms with Crippen molar-refractivity contribution in [3.8, 4) is 0 Å². The molecule has 5 aliphatic rings. The van der Waals surface area contributed by atoms with Gasteiger partial charge in [0.05, 0.1) is 6.10 Å². The number of ether oxygens (including phenoxy) is 2. The van der Waals surface area contributed by atoms with Crippen LogP contribution in [0.2, 0.25) is 0 Å². The molecule has 1 spiro atoms. The third-order valence-electron chi connectivity index (χ3n) is 6.49. The molecule has 4 heterocycles. The second-order valence-electron chi connectivity index (χ2n) is 7.78. The van der Waals surface area contributed by atoms with Crippen molar-refractivity contribution in [2.45, 2.75) is 82.6 Å². The van der Waals surface area contributed by atoms with Gasteiger partial charge in [-0.25, -0.2) is 9.78 Å². The van der Waals surface area contributed by atoms with Gasteiger partial charge in [-0.1, -0.05) is 13.3 Å². The minimum Gasteiger partial charge on any atom is -0.396 e. The van der Waals surface area contributed by atoms with Crippen molar-refractivity contribution in [3.63, 3.8) is 0 Å². The third kappa shape index (κ3) is 2.09. The second-order valence-corrected chi connectivity index (χ2v) is 7.78. The fourth-order valence-electron chi connectivity index (χ4n) is 5.25. The van der Waals surface area contributed by atoms with Crippen LogP contribution < -0.4 is 0 Å². The Kier molecular flexibility index (Phi) is 3.78. The summed E-state index contributed by atoms with van der Waals surface area (Å²) in [5.41, 5.74) is -0.427. The van der Waals surface area contributed by atoms with Gasteiger partial charge in [0, 0.05) is 18.9 Å². The topological polar surface area (TPSA) is 57.2 Å². The van der Waals surface area contributed by atoms with E-state index in [1.54, 1.807) is 0 Å². The highest BCUT2D eigenvalue weighted by atomic mass is 17.3. The van der Waals surface area contributed by atoms with E-state index in [1.807, 2.05) is 6.92 Å². The average Bonchev–Trinajstić information content (AvgIpc) is 2.74. The fourth-order valence-corrected chi connectivity index (χ4v) is 5.25. The van der Waals surface area contributed by atoms with Crippen LogP contribution >= 0.6 is 0 Å². The maximum absolute atomic E-state index is 9.15. The zero-order valence-electron chi connectivity index (χ0n) is 13.6. The molecule has 4 saturated heterocycles. The van der Waals surface area contributed by atoms with E-state index in [-0.39, 0.29) is 19.0 Å². The average molecular weight is 312 g/mol. The standard InChI is InChI=1S/C17H28O5/c1-11-13-6-3-5-12-8-9-16(2)20-15(17(12,13)22-21-16)19-14(11)7-4-10-18/h11-15,18H,3-10H2,1-2H3. The zero-order chi connectivity index (χ0) is 15.4. The maximum atomic E-state index is 9.15. The Morgan fingerprint density at radius 3 is 2.86 bits per heavy atom. The summed E-state index contributed by atoms with van der Waals surface area (Å²) in [7, 11) is 0. The van der Waals surface area contributed by atoms with Crippen molar-refractivity contribution in [2.75, 3.05) is 6.61 Å². The normalized spacial score (nSPS) is 53.9. The summed E-state index contributed by atoms with van der Waals surface area (Å²) >= 11 is 0. The Balaban J connectivity index is 1.68. The first kappa shape index (κ1) is 15.3. The van der Waals surface area contributed by atoms with Crippen molar-refractivity contribution in [2.24, 2.45) is 17.8 Å². The second kappa shape index (κ2) is 5.42. The van der Waals surface area contributed by atoms with Gasteiger partial charge in [0.25, 0.3) is 0 Å². The van der Waals surface area contributed by atoms with Gasteiger partial charge in [-0.05, 0) is 50.9 Å². The molecule has 4 aliphatic heterocycles. The summed E-state index contributed by atoms with van der Waals surface area (Å²) in [6, 6.07) is 0. The summed E-state index contributed by atoms with van der Waals surface area (Å²) in [4.78, 5) is 11.8. The van der Waals surface area contributed by atoms with Crippen LogP contribution in [0.4, 0.5) is 0 Å². The van der Waals surface area contributed by atoms with Crippen LogP contribution in [0.1, 0.15) is 58.8 Å². The largest absolute Gasteiger partial charge is 0.396 e. The SMILES string of the molecule is CC1C(CCCO)OC2OC3(C)CCC4CCCC1C42OO3. The van der Waals surface area contributed by atoms with Gasteiger partial charge in [0.1, 0.15) is 0 Å². The van der Waals surface area contributed by atoms with E-state index in [2.05, 4.69) is 6.92 Å². The lowest BCUT2D eigenvalue weighted by Crippen LogP contribution is -2.69. The number of aliphatic hydroxyl groups is 1. The van der Waals surface area contributed by atoms with E-state index in [0.29, 0.717) is 17.8 Å². The van der Waals surface area contributed by atoms with Crippen LogP contribution in [-0.2, 0) is 19.2 Å². The van der Waals surface area contributed by atoms with Crippen LogP contribution in [0.3, 0.4) is 0 Å². The molecule has 0 aromatic rings. The molecule has 7 unspecified atom stereocenters. The van der Waals surface area contributed by atoms with Crippen LogP contribution in [-0.4, -0.2) is 35.5 Å². The van der Waals surface area contributed by atoms with Gasteiger partial charge in [0.15, 0.2) is 11.9 Å². The summed E-state index contributed by atoms with van der Waals surface area (Å²) in [5.74, 6) is 0.596. The monoisotopic (exact) mass is 312 g/mol. The Hall–Kier alpha value is -0.200. The van der Waals surface area contributed by atoms with Gasteiger partial charge >= 0.3 is 0 Å². The van der Waals surface area contributed by atoms with Gasteiger partial charge < -0.3 is 14.6 Å². The minimum absolute atomic E-state index is 0.137. The molecule has 0 amide bonds. The summed E-state index contributed by atoms with van der Waals surface area (Å²) in [6.45, 7) is 4.44. The molecular formula is C17H28O5. The van der Waals surface area contributed by atoms with E-state index < -0.39 is 11.4 Å². The molecule has 5 fully saturated rings. The molecule has 1 aliphatic carbocycles. The first-order valence-electron chi connectivity index (χ1n) is 8.90. The fraction of sp³-hybridized carbons (Fsp3) is 1.00. The summed E-state index contributed by atoms with van der Waals surface area (Å²) in [6.07, 6.45) is 6.99. The Bertz CT molecular complexity index is 429. The van der Waals surface area contributed by atoms with Gasteiger partial charge in [-0.3, -0.25) is 0 Å². The molecule has 2 bridgehead atoms. The Morgan fingerprint density at radius 2 is 2.05 bits per heavy atom. The first-order valence-corrected chi connectivity index (χ1v) is 8.90. The first-order chi connectivity index (χ1) is 10.6. The number of hydrogen-bond donors (Lipinski definition) is 1. The quantitative estimate of drug-likeness (QED) is 0.812. The molecule has 0 aromatic carbocycles. The van der Waals surface area contributed by atoms with Gasteiger partial charge in [0.2, 0.25) is 5.79 Å². The molecule has 22 heavy (non-hydrogen) atoms. The van der Waals surface area contributed by atoms with Crippen molar-refractivity contribution in [1.29, 1.82) is 0 Å². The molecule has 7 atom stereocenters. The van der Waals surface area contributed by atoms with E-state index in [4.69, 9.17) is 24.4 Å². The maximum Gasteiger partial charge on any atom is 0.201 e. The van der Waals surface area contributed by atoms with Crippen molar-refractivity contribution >= 4 is 0 Å². The number of fused-ring (bicyclic) bond motifs is 2. The van der Waals surface area contributed by atoms with Crippen molar-refractivity contribution in [3.05, 3.63) is 0 Å². The van der Waals surface area contributed by atoms with E-state index in [9.17, 15) is 0 Å². The highest BCUT2D eigenvalue weighted by Gasteiger charge is 2.67. The summed E-state index contributed by atoms with van der Waals surface area (Å²) in [5, 5.41) is 9.15. The van der Waals surface area contributed by atoms with E-state index >= 15 is 0 Å². The van der Waals surface area contributed by atoms with Gasteiger partial charge in [-0.2, -0.15) is 0 Å². The lowest BCUT2D eigenvalue weighted by Gasteiger charge is -2.59. The number of rotatable bonds is 3. The lowest BCUT2D eigenvalue weighted by molar-refractivity contribution is -0.569. The van der Waals surface area contributed by atoms with Crippen LogP contribution in [0, 0.1) is 17.8 Å². The predicted molar refractivity (Wildman–Crippen MR) is 78.6 cm³/mol. The molecule has 1 saturated carbocycles. The third-order valence-corrected chi connectivity index (χ3v) is 6.49. The lowest BCUT2D eigenvalue weighted by atomic mass is 9.60. The molecule has 126 valence electrons. The zero-order valence-corrected chi connectivity index (χ0v) is 13.6. The molecule has 0 radical (unpaired) electrons. The van der Waals surface area contributed by atoms with E-state index in [0.717, 1.165) is 32.1 Å². The number of hydrogen-bond acceptors (Lipinski definition) is 5. The molecule has 5 heteroatoms. The minimum atomic E-state index is -0.681. The highest BCUT2D eigenvalue weighted by Crippen LogP contribution is 2.59. The molecule has 1 N–H and O–H groups in total. The summed E-state index contributed by atoms with van der Waals surface area (Å²) < 4.78 is 12.6. The molecule has 5 rings (SSSR count). The molecule has 5 nitrogen and oxygen atoms in total. The Morgan fingerprint density at radius 1 is 1.18 bits per heavy atom. The van der Waals surface area contributed by atoms with Crippen LogP contribution in [0.15, 0.2) is 0 Å². The van der Waals surface area contributed by atoms with Crippen molar-refractivity contribution in [1.82, 2.24) is 0 Å². The van der Waals surface area contributed by atoms with Crippen molar-refractivity contribution < 1.29 is 24.4 Å². The smallest absolute Gasteiger partial charge is 0.201 e.